The molecular formula is C16H23N5O3. The Labute approximate surface area is 140 Å². The van der Waals surface area contributed by atoms with E-state index in [2.05, 4.69) is 15.1 Å². The van der Waals surface area contributed by atoms with Gasteiger partial charge in [0.05, 0.1) is 13.2 Å². The molecule has 0 saturated carbocycles. The van der Waals surface area contributed by atoms with Gasteiger partial charge in [-0.3, -0.25) is 4.79 Å². The minimum Gasteiger partial charge on any atom is -0.396 e. The molecule has 24 heavy (non-hydrogen) atoms. The van der Waals surface area contributed by atoms with Crippen molar-refractivity contribution in [3.8, 4) is 0 Å². The molecule has 1 amide bonds. The van der Waals surface area contributed by atoms with Crippen LogP contribution in [0.5, 0.6) is 0 Å². The summed E-state index contributed by atoms with van der Waals surface area (Å²) in [6, 6.07) is 0. The highest BCUT2D eigenvalue weighted by molar-refractivity contribution is 5.76. The molecule has 1 N–H and O–H groups in total. The van der Waals surface area contributed by atoms with Gasteiger partial charge >= 0.3 is 0 Å². The summed E-state index contributed by atoms with van der Waals surface area (Å²) < 4.78 is 7.14. The molecule has 1 fully saturated rings. The summed E-state index contributed by atoms with van der Waals surface area (Å²) in [4.78, 5) is 22.9. The summed E-state index contributed by atoms with van der Waals surface area (Å²) >= 11 is 0. The molecular weight excluding hydrogens is 310 g/mol. The lowest BCUT2D eigenvalue weighted by Gasteiger charge is -2.23. The van der Waals surface area contributed by atoms with Gasteiger partial charge in [0.15, 0.2) is 0 Å². The van der Waals surface area contributed by atoms with Crippen LogP contribution >= 0.6 is 0 Å². The Balaban J connectivity index is 1.70. The van der Waals surface area contributed by atoms with Gasteiger partial charge in [-0.1, -0.05) is 0 Å². The molecule has 8 heteroatoms. The normalized spacial score (nSPS) is 18.8. The summed E-state index contributed by atoms with van der Waals surface area (Å²) in [5, 5.41) is 13.5. The highest BCUT2D eigenvalue weighted by Crippen LogP contribution is 2.16. The zero-order valence-corrected chi connectivity index (χ0v) is 14.1. The maximum atomic E-state index is 12.6. The van der Waals surface area contributed by atoms with E-state index in [9.17, 15) is 9.90 Å². The van der Waals surface area contributed by atoms with Gasteiger partial charge in [0, 0.05) is 43.4 Å². The number of carbonyl (C=O) groups excluding carboxylic acids is 1. The Kier molecular flexibility index (Phi) is 5.06. The SMILES string of the molecule is Cc1nc2ncnn2c(C)c1CCC(=O)N1CCOCC(CO)C1. The molecule has 0 aromatic carbocycles. The molecule has 1 aliphatic heterocycles. The Morgan fingerprint density at radius 2 is 2.29 bits per heavy atom. The van der Waals surface area contributed by atoms with Crippen LogP contribution in [0, 0.1) is 19.8 Å². The van der Waals surface area contributed by atoms with Gasteiger partial charge in [0.25, 0.3) is 5.78 Å². The average Bonchev–Trinajstić information content (AvgIpc) is 2.90. The van der Waals surface area contributed by atoms with Crippen LogP contribution in [-0.4, -0.2) is 68.4 Å². The van der Waals surface area contributed by atoms with Crippen molar-refractivity contribution in [1.29, 1.82) is 0 Å². The zero-order chi connectivity index (χ0) is 17.1. The molecule has 3 rings (SSSR count). The van der Waals surface area contributed by atoms with Crippen molar-refractivity contribution in [2.75, 3.05) is 32.9 Å². The first-order valence-electron chi connectivity index (χ1n) is 8.22. The minimum atomic E-state index is -0.00640. The van der Waals surface area contributed by atoms with E-state index < -0.39 is 0 Å². The first-order valence-corrected chi connectivity index (χ1v) is 8.22. The van der Waals surface area contributed by atoms with Gasteiger partial charge in [-0.25, -0.2) is 9.50 Å². The summed E-state index contributed by atoms with van der Waals surface area (Å²) in [7, 11) is 0. The van der Waals surface area contributed by atoms with Crippen LogP contribution in [-0.2, 0) is 16.0 Å². The van der Waals surface area contributed by atoms with Crippen LogP contribution in [0.25, 0.3) is 5.78 Å². The second kappa shape index (κ2) is 7.23. The van der Waals surface area contributed by atoms with E-state index in [0.29, 0.717) is 44.9 Å². The fourth-order valence-electron chi connectivity index (χ4n) is 3.12. The van der Waals surface area contributed by atoms with Crippen molar-refractivity contribution >= 4 is 11.7 Å². The van der Waals surface area contributed by atoms with E-state index in [1.807, 2.05) is 13.8 Å². The molecule has 3 heterocycles. The van der Waals surface area contributed by atoms with E-state index in [1.165, 1.54) is 6.33 Å². The van der Waals surface area contributed by atoms with Crippen LogP contribution < -0.4 is 0 Å². The summed E-state index contributed by atoms with van der Waals surface area (Å²) in [5.41, 5.74) is 2.88. The minimum absolute atomic E-state index is 0.00640. The highest BCUT2D eigenvalue weighted by atomic mass is 16.5. The molecule has 0 aliphatic carbocycles. The smallest absolute Gasteiger partial charge is 0.252 e. The van der Waals surface area contributed by atoms with E-state index in [0.717, 1.165) is 17.0 Å². The molecule has 1 saturated heterocycles. The molecule has 130 valence electrons. The number of carbonyl (C=O) groups is 1. The number of hydrogen-bond donors (Lipinski definition) is 1. The number of nitrogens with zero attached hydrogens (tertiary/aromatic N) is 5. The lowest BCUT2D eigenvalue weighted by Crippen LogP contribution is -2.37. The monoisotopic (exact) mass is 333 g/mol. The van der Waals surface area contributed by atoms with Gasteiger partial charge in [-0.15, -0.1) is 0 Å². The molecule has 1 aliphatic rings. The Morgan fingerprint density at radius 1 is 1.46 bits per heavy atom. The number of hydrogen-bond acceptors (Lipinski definition) is 6. The molecule has 0 spiro atoms. The molecule has 1 atom stereocenters. The third-order valence-electron chi connectivity index (χ3n) is 4.53. The third-order valence-corrected chi connectivity index (χ3v) is 4.53. The van der Waals surface area contributed by atoms with Crippen molar-refractivity contribution < 1.29 is 14.6 Å². The van der Waals surface area contributed by atoms with E-state index in [1.54, 1.807) is 9.42 Å². The predicted octanol–water partition coefficient (Wildman–Crippen LogP) is 0.141. The summed E-state index contributed by atoms with van der Waals surface area (Å²) in [6.45, 7) is 6.09. The summed E-state index contributed by atoms with van der Waals surface area (Å²) in [5.74, 6) is 0.653. The van der Waals surface area contributed by atoms with E-state index in [4.69, 9.17) is 4.74 Å². The van der Waals surface area contributed by atoms with Crippen LogP contribution in [0.3, 0.4) is 0 Å². The van der Waals surface area contributed by atoms with Gasteiger partial charge in [0.1, 0.15) is 6.33 Å². The zero-order valence-electron chi connectivity index (χ0n) is 14.1. The number of aryl methyl sites for hydroxylation is 2. The molecule has 2 aromatic rings. The molecule has 0 radical (unpaired) electrons. The summed E-state index contributed by atoms with van der Waals surface area (Å²) in [6.07, 6.45) is 2.50. The van der Waals surface area contributed by atoms with Gasteiger partial charge in [-0.2, -0.15) is 10.1 Å². The number of aromatic nitrogens is 4. The van der Waals surface area contributed by atoms with Crippen molar-refractivity contribution in [3.05, 3.63) is 23.3 Å². The number of amides is 1. The molecule has 0 bridgehead atoms. The Hall–Kier alpha value is -2.06. The first kappa shape index (κ1) is 16.8. The number of rotatable bonds is 4. The van der Waals surface area contributed by atoms with Crippen LogP contribution in [0.1, 0.15) is 23.4 Å². The lowest BCUT2D eigenvalue weighted by atomic mass is 10.1. The Morgan fingerprint density at radius 3 is 3.08 bits per heavy atom. The number of aliphatic hydroxyl groups excluding tert-OH is 1. The van der Waals surface area contributed by atoms with Crippen molar-refractivity contribution in [2.45, 2.75) is 26.7 Å². The maximum Gasteiger partial charge on any atom is 0.252 e. The number of ether oxygens (including phenoxy) is 1. The largest absolute Gasteiger partial charge is 0.396 e. The van der Waals surface area contributed by atoms with Crippen molar-refractivity contribution in [3.63, 3.8) is 0 Å². The van der Waals surface area contributed by atoms with Crippen molar-refractivity contribution in [1.82, 2.24) is 24.5 Å². The van der Waals surface area contributed by atoms with Crippen molar-refractivity contribution in [2.24, 2.45) is 5.92 Å². The lowest BCUT2D eigenvalue weighted by molar-refractivity contribution is -0.131. The highest BCUT2D eigenvalue weighted by Gasteiger charge is 2.22. The first-order chi connectivity index (χ1) is 11.6. The predicted molar refractivity (Wildman–Crippen MR) is 86.6 cm³/mol. The fourth-order valence-corrected chi connectivity index (χ4v) is 3.12. The third kappa shape index (κ3) is 3.39. The fraction of sp³-hybridized carbons (Fsp3) is 0.625. The molecule has 2 aromatic heterocycles. The average molecular weight is 333 g/mol. The van der Waals surface area contributed by atoms with E-state index in [-0.39, 0.29) is 18.4 Å². The van der Waals surface area contributed by atoms with E-state index >= 15 is 0 Å². The van der Waals surface area contributed by atoms with Crippen LogP contribution in [0.4, 0.5) is 0 Å². The second-order valence-corrected chi connectivity index (χ2v) is 6.20. The second-order valence-electron chi connectivity index (χ2n) is 6.20. The van der Waals surface area contributed by atoms with Crippen LogP contribution in [0.2, 0.25) is 0 Å². The molecule has 1 unspecified atom stereocenters. The van der Waals surface area contributed by atoms with Gasteiger partial charge in [0.2, 0.25) is 5.91 Å². The standard InChI is InChI=1S/C16H23N5O3/c1-11-14(12(2)21-16(19-11)17-10-18-21)3-4-15(23)20-5-6-24-9-13(7-20)8-22/h10,13,22H,3-9H2,1-2H3. The Bertz CT molecular complexity index is 730. The molecule has 8 nitrogen and oxygen atoms in total. The van der Waals surface area contributed by atoms with Gasteiger partial charge in [-0.05, 0) is 25.8 Å². The van der Waals surface area contributed by atoms with Crippen LogP contribution in [0.15, 0.2) is 6.33 Å². The topological polar surface area (TPSA) is 92.9 Å². The quantitative estimate of drug-likeness (QED) is 0.856. The number of aliphatic hydroxyl groups is 1. The maximum absolute atomic E-state index is 12.6. The van der Waals surface area contributed by atoms with Gasteiger partial charge < -0.3 is 14.7 Å². The number of fused-ring (bicyclic) bond motifs is 1.